The molecular formula is C27H47BrO4Si2. The number of rotatable bonds is 8. The molecule has 4 atom stereocenters. The highest BCUT2D eigenvalue weighted by Gasteiger charge is 2.48. The Morgan fingerprint density at radius 2 is 1.62 bits per heavy atom. The number of carbonyl (C=O) groups is 1. The van der Waals surface area contributed by atoms with Gasteiger partial charge in [0.2, 0.25) is 0 Å². The Hall–Kier alpha value is -0.476. The molecule has 0 aromatic heterocycles. The van der Waals surface area contributed by atoms with Crippen molar-refractivity contribution in [2.75, 3.05) is 6.61 Å². The standard InChI is InChI=1S/C27H47BrO4Si2/c1-18-16-23(31-25(18)29)24(32-34(11,12)27(6,7)8)21(17-30-33(9,10)26(3,4)5)20-14-13-15-22(28)19(20)2/h13-15,18,21,23-24H,16-17H2,1-12H3/t18-,21-,23+,24-/m0/s1. The van der Waals surface area contributed by atoms with Crippen molar-refractivity contribution in [3.8, 4) is 0 Å². The minimum atomic E-state index is -2.16. The molecule has 7 heteroatoms. The van der Waals surface area contributed by atoms with Crippen molar-refractivity contribution in [1.29, 1.82) is 0 Å². The van der Waals surface area contributed by atoms with Crippen LogP contribution in [0.1, 0.15) is 71.9 Å². The molecule has 1 aromatic rings. The molecule has 1 aliphatic rings. The summed E-state index contributed by atoms with van der Waals surface area (Å²) in [7, 11) is -4.17. The Morgan fingerprint density at radius 1 is 1.06 bits per heavy atom. The molecule has 0 N–H and O–H groups in total. The van der Waals surface area contributed by atoms with Crippen molar-refractivity contribution in [1.82, 2.24) is 0 Å². The minimum Gasteiger partial charge on any atom is -0.459 e. The Morgan fingerprint density at radius 3 is 2.09 bits per heavy atom. The molecule has 0 saturated carbocycles. The largest absolute Gasteiger partial charge is 0.459 e. The third-order valence-electron chi connectivity index (χ3n) is 8.39. The van der Waals surface area contributed by atoms with E-state index in [1.807, 2.05) is 6.92 Å². The highest BCUT2D eigenvalue weighted by Crippen LogP contribution is 2.44. The fourth-order valence-electron chi connectivity index (χ4n) is 3.80. The van der Waals surface area contributed by atoms with Crippen LogP contribution in [0, 0.1) is 12.8 Å². The maximum absolute atomic E-state index is 12.5. The molecule has 0 radical (unpaired) electrons. The number of hydrogen-bond acceptors (Lipinski definition) is 4. The van der Waals surface area contributed by atoms with Crippen molar-refractivity contribution in [3.63, 3.8) is 0 Å². The number of benzene rings is 1. The van der Waals surface area contributed by atoms with Crippen molar-refractivity contribution < 1.29 is 18.4 Å². The van der Waals surface area contributed by atoms with Gasteiger partial charge in [-0.3, -0.25) is 4.79 Å². The highest BCUT2D eigenvalue weighted by atomic mass is 79.9. The third kappa shape index (κ3) is 6.64. The first-order valence-electron chi connectivity index (χ1n) is 12.6. The van der Waals surface area contributed by atoms with E-state index >= 15 is 0 Å². The van der Waals surface area contributed by atoms with Gasteiger partial charge in [-0.05, 0) is 66.8 Å². The predicted molar refractivity (Wildman–Crippen MR) is 150 cm³/mol. The fourth-order valence-corrected chi connectivity index (χ4v) is 6.56. The minimum absolute atomic E-state index is 0.0381. The number of hydrogen-bond donors (Lipinski definition) is 0. The first-order chi connectivity index (χ1) is 15.3. The van der Waals surface area contributed by atoms with Crippen molar-refractivity contribution >= 4 is 38.5 Å². The Balaban J connectivity index is 2.59. The smallest absolute Gasteiger partial charge is 0.309 e. The van der Waals surface area contributed by atoms with Gasteiger partial charge >= 0.3 is 5.97 Å². The van der Waals surface area contributed by atoms with Crippen LogP contribution in [0.4, 0.5) is 0 Å². The van der Waals surface area contributed by atoms with Crippen LogP contribution in [0.15, 0.2) is 22.7 Å². The second-order valence-electron chi connectivity index (χ2n) is 13.1. The molecular weight excluding hydrogens is 524 g/mol. The van der Waals surface area contributed by atoms with E-state index in [-0.39, 0.29) is 40.1 Å². The Kier molecular flexibility index (Phi) is 9.17. The fraction of sp³-hybridized carbons (Fsp3) is 0.741. The summed E-state index contributed by atoms with van der Waals surface area (Å²) in [6.07, 6.45) is 0.150. The van der Waals surface area contributed by atoms with E-state index in [4.69, 9.17) is 13.6 Å². The van der Waals surface area contributed by atoms with Gasteiger partial charge < -0.3 is 13.6 Å². The lowest BCUT2D eigenvalue weighted by atomic mass is 9.86. The third-order valence-corrected chi connectivity index (χ3v) is 18.2. The van der Waals surface area contributed by atoms with E-state index in [1.54, 1.807) is 0 Å². The normalized spacial score (nSPS) is 22.0. The van der Waals surface area contributed by atoms with Gasteiger partial charge in [-0.2, -0.15) is 0 Å². The summed E-state index contributed by atoms with van der Waals surface area (Å²) < 4.78 is 21.0. The predicted octanol–water partition coefficient (Wildman–Crippen LogP) is 8.20. The van der Waals surface area contributed by atoms with E-state index < -0.39 is 16.6 Å². The zero-order chi connectivity index (χ0) is 26.3. The second-order valence-corrected chi connectivity index (χ2v) is 23.5. The second kappa shape index (κ2) is 10.5. The molecule has 1 aliphatic heterocycles. The Bertz CT molecular complexity index is 870. The van der Waals surface area contributed by atoms with E-state index in [1.165, 1.54) is 11.1 Å². The zero-order valence-electron chi connectivity index (χ0n) is 23.5. The molecule has 1 fully saturated rings. The maximum atomic E-state index is 12.5. The summed E-state index contributed by atoms with van der Waals surface area (Å²) in [4.78, 5) is 12.5. The van der Waals surface area contributed by atoms with E-state index in [9.17, 15) is 4.79 Å². The molecule has 0 spiro atoms. The summed E-state index contributed by atoms with van der Waals surface area (Å²) in [5, 5.41) is 0.143. The summed E-state index contributed by atoms with van der Waals surface area (Å²) in [5.74, 6) is -0.270. The molecule has 2 rings (SSSR count). The summed E-state index contributed by atoms with van der Waals surface area (Å²) >= 11 is 3.73. The van der Waals surface area contributed by atoms with Gasteiger partial charge in [0.1, 0.15) is 6.10 Å². The molecule has 1 aromatic carbocycles. The van der Waals surface area contributed by atoms with Crippen molar-refractivity contribution in [2.24, 2.45) is 5.92 Å². The summed E-state index contributed by atoms with van der Waals surface area (Å²) in [6.45, 7) is 27.4. The lowest BCUT2D eigenvalue weighted by molar-refractivity contribution is -0.147. The number of cyclic esters (lactones) is 1. The van der Waals surface area contributed by atoms with Gasteiger partial charge in [-0.25, -0.2) is 0 Å². The SMILES string of the molecule is Cc1c(Br)cccc1[C@H](CO[Si](C)(C)C(C)(C)C)[C@H](O[Si](C)(C)C(C)(C)C)[C@H]1C[C@H](C)C(=O)O1. The lowest BCUT2D eigenvalue weighted by Gasteiger charge is -2.44. The van der Waals surface area contributed by atoms with Crippen LogP contribution in [0.5, 0.6) is 0 Å². The van der Waals surface area contributed by atoms with Crippen LogP contribution in [0.3, 0.4) is 0 Å². The lowest BCUT2D eigenvalue weighted by Crippen LogP contribution is -2.51. The molecule has 0 bridgehead atoms. The molecule has 1 saturated heterocycles. The molecule has 0 unspecified atom stereocenters. The van der Waals surface area contributed by atoms with E-state index in [0.717, 1.165) is 4.47 Å². The molecule has 4 nitrogen and oxygen atoms in total. The topological polar surface area (TPSA) is 44.8 Å². The van der Waals surface area contributed by atoms with Gasteiger partial charge in [0, 0.05) is 17.0 Å². The molecule has 0 amide bonds. The first kappa shape index (κ1) is 29.8. The van der Waals surface area contributed by atoms with Crippen LogP contribution in [0.2, 0.25) is 36.3 Å². The van der Waals surface area contributed by atoms with Crippen LogP contribution in [-0.4, -0.2) is 41.4 Å². The summed E-state index contributed by atoms with van der Waals surface area (Å²) in [5.41, 5.74) is 2.39. The highest BCUT2D eigenvalue weighted by molar-refractivity contribution is 9.10. The van der Waals surface area contributed by atoms with Gasteiger partial charge in [-0.1, -0.05) is 76.5 Å². The van der Waals surface area contributed by atoms with E-state index in [2.05, 4.69) is 109 Å². The van der Waals surface area contributed by atoms with Gasteiger partial charge in [0.05, 0.1) is 12.0 Å². The molecule has 1 heterocycles. The zero-order valence-corrected chi connectivity index (χ0v) is 27.1. The first-order valence-corrected chi connectivity index (χ1v) is 19.2. The number of carbonyl (C=O) groups excluding carboxylic acids is 1. The van der Waals surface area contributed by atoms with Crippen molar-refractivity contribution in [2.45, 2.75) is 116 Å². The van der Waals surface area contributed by atoms with Crippen LogP contribution >= 0.6 is 15.9 Å². The van der Waals surface area contributed by atoms with Gasteiger partial charge in [0.25, 0.3) is 0 Å². The average molecular weight is 572 g/mol. The average Bonchev–Trinajstić information content (AvgIpc) is 3.00. The van der Waals surface area contributed by atoms with Gasteiger partial charge in [-0.15, -0.1) is 0 Å². The number of halogens is 1. The summed E-state index contributed by atoms with van der Waals surface area (Å²) in [6, 6.07) is 6.34. The molecule has 34 heavy (non-hydrogen) atoms. The molecule has 0 aliphatic carbocycles. The van der Waals surface area contributed by atoms with Crippen LogP contribution in [0.25, 0.3) is 0 Å². The van der Waals surface area contributed by atoms with E-state index in [0.29, 0.717) is 13.0 Å². The monoisotopic (exact) mass is 570 g/mol. The Labute approximate surface area is 218 Å². The van der Waals surface area contributed by atoms with Crippen LogP contribution < -0.4 is 0 Å². The van der Waals surface area contributed by atoms with Crippen molar-refractivity contribution in [3.05, 3.63) is 33.8 Å². The number of ether oxygens (including phenoxy) is 1. The van der Waals surface area contributed by atoms with Gasteiger partial charge in [0.15, 0.2) is 16.6 Å². The quantitative estimate of drug-likeness (QED) is 0.233. The maximum Gasteiger partial charge on any atom is 0.309 e. The van der Waals surface area contributed by atoms with Crippen LogP contribution in [-0.2, 0) is 18.4 Å². The molecule has 194 valence electrons. The number of esters is 1.